The second kappa shape index (κ2) is 10.4. The summed E-state index contributed by atoms with van der Waals surface area (Å²) < 4.78 is 11.8. The number of hydrogen-bond donors (Lipinski definition) is 0. The van der Waals surface area contributed by atoms with E-state index in [-0.39, 0.29) is 23.6 Å². The second-order valence-electron chi connectivity index (χ2n) is 6.72. The lowest BCUT2D eigenvalue weighted by Crippen LogP contribution is -1.99. The van der Waals surface area contributed by atoms with Gasteiger partial charge in [0.15, 0.2) is 11.5 Å². The summed E-state index contributed by atoms with van der Waals surface area (Å²) in [5.41, 5.74) is 1.89. The van der Waals surface area contributed by atoms with Crippen molar-refractivity contribution in [2.45, 2.75) is 6.61 Å². The number of halogens is 1. The Morgan fingerprint density at radius 3 is 2.36 bits per heavy atom. The van der Waals surface area contributed by atoms with Crippen LogP contribution in [0.4, 0.5) is 11.4 Å². The molecule has 0 saturated carbocycles. The summed E-state index contributed by atoms with van der Waals surface area (Å²) in [4.78, 5) is 20.8. The molecule has 3 rings (SSSR count). The largest absolute Gasteiger partial charge is 0.493 e. The Bertz CT molecular complexity index is 1280. The molecule has 33 heavy (non-hydrogen) atoms. The van der Waals surface area contributed by atoms with Crippen molar-refractivity contribution in [1.29, 1.82) is 5.26 Å². The van der Waals surface area contributed by atoms with Crippen LogP contribution in [0.3, 0.4) is 0 Å². The molecule has 0 aliphatic rings. The van der Waals surface area contributed by atoms with Crippen LogP contribution >= 0.6 is 15.9 Å². The van der Waals surface area contributed by atoms with E-state index < -0.39 is 9.85 Å². The van der Waals surface area contributed by atoms with Gasteiger partial charge in [-0.15, -0.1) is 0 Å². The molecule has 0 heterocycles. The van der Waals surface area contributed by atoms with Gasteiger partial charge in [0.25, 0.3) is 11.4 Å². The fourth-order valence-electron chi connectivity index (χ4n) is 2.97. The highest BCUT2D eigenvalue weighted by atomic mass is 79.9. The molecule has 0 spiro atoms. The van der Waals surface area contributed by atoms with Gasteiger partial charge in [-0.05, 0) is 63.0 Å². The van der Waals surface area contributed by atoms with E-state index in [1.807, 2.05) is 0 Å². The van der Waals surface area contributed by atoms with Crippen LogP contribution in [-0.2, 0) is 6.61 Å². The average Bonchev–Trinajstić information content (AvgIpc) is 2.81. The number of rotatable bonds is 8. The van der Waals surface area contributed by atoms with Gasteiger partial charge in [0.2, 0.25) is 0 Å². The Kier molecular flexibility index (Phi) is 7.38. The van der Waals surface area contributed by atoms with E-state index in [1.165, 1.54) is 37.4 Å². The van der Waals surface area contributed by atoms with Gasteiger partial charge in [0.05, 0.1) is 33.1 Å². The second-order valence-corrected chi connectivity index (χ2v) is 7.58. The fourth-order valence-corrected chi connectivity index (χ4v) is 3.54. The minimum Gasteiger partial charge on any atom is -0.493 e. The highest BCUT2D eigenvalue weighted by Gasteiger charge is 2.14. The molecule has 3 aromatic rings. The monoisotopic (exact) mass is 509 g/mol. The van der Waals surface area contributed by atoms with Crippen molar-refractivity contribution in [2.75, 3.05) is 7.11 Å². The zero-order valence-corrected chi connectivity index (χ0v) is 18.8. The lowest BCUT2D eigenvalue weighted by atomic mass is 10.0. The molecule has 0 unspecified atom stereocenters. The number of nitriles is 1. The van der Waals surface area contributed by atoms with Crippen LogP contribution in [0, 0.1) is 31.6 Å². The molecule has 0 bridgehead atoms. The number of nitro benzene ring substituents is 2. The van der Waals surface area contributed by atoms with Crippen molar-refractivity contribution < 1.29 is 19.3 Å². The Balaban J connectivity index is 1.87. The third-order valence-electron chi connectivity index (χ3n) is 4.58. The van der Waals surface area contributed by atoms with Crippen molar-refractivity contribution in [1.82, 2.24) is 0 Å². The van der Waals surface area contributed by atoms with Gasteiger partial charge in [-0.1, -0.05) is 12.1 Å². The smallest absolute Gasteiger partial charge is 0.270 e. The van der Waals surface area contributed by atoms with Crippen LogP contribution in [0.2, 0.25) is 0 Å². The van der Waals surface area contributed by atoms with Crippen molar-refractivity contribution in [3.63, 3.8) is 0 Å². The number of ether oxygens (including phenoxy) is 2. The zero-order valence-electron chi connectivity index (χ0n) is 17.2. The number of methoxy groups -OCH3 is 1. The van der Waals surface area contributed by atoms with Gasteiger partial charge in [0, 0.05) is 24.3 Å². The molecule has 0 aliphatic carbocycles. The normalized spacial score (nSPS) is 10.9. The van der Waals surface area contributed by atoms with Crippen molar-refractivity contribution in [3.05, 3.63) is 102 Å². The SMILES string of the molecule is COc1cc(/C=C(/C#N)c2cccc([N+](=O)[O-])c2)cc(Br)c1OCc1ccc([N+](=O)[O-])cc1. The lowest BCUT2D eigenvalue weighted by molar-refractivity contribution is -0.385. The summed E-state index contributed by atoms with van der Waals surface area (Å²) in [6.07, 6.45) is 1.59. The molecule has 166 valence electrons. The summed E-state index contributed by atoms with van der Waals surface area (Å²) in [7, 11) is 1.47. The highest BCUT2D eigenvalue weighted by Crippen LogP contribution is 2.38. The topological polar surface area (TPSA) is 129 Å². The molecule has 3 aromatic carbocycles. The molecule has 0 amide bonds. The first-order valence-electron chi connectivity index (χ1n) is 9.42. The van der Waals surface area contributed by atoms with Crippen molar-refractivity contribution in [3.8, 4) is 17.6 Å². The Morgan fingerprint density at radius 1 is 1.06 bits per heavy atom. The van der Waals surface area contributed by atoms with E-state index in [0.717, 1.165) is 5.56 Å². The first kappa shape index (κ1) is 23.4. The van der Waals surface area contributed by atoms with Crippen LogP contribution in [0.5, 0.6) is 11.5 Å². The van der Waals surface area contributed by atoms with Gasteiger partial charge < -0.3 is 9.47 Å². The Morgan fingerprint density at radius 2 is 1.76 bits per heavy atom. The molecular weight excluding hydrogens is 494 g/mol. The fraction of sp³-hybridized carbons (Fsp3) is 0.0870. The van der Waals surface area contributed by atoms with E-state index in [9.17, 15) is 25.5 Å². The number of hydrogen-bond acceptors (Lipinski definition) is 7. The predicted molar refractivity (Wildman–Crippen MR) is 125 cm³/mol. The molecule has 0 radical (unpaired) electrons. The number of non-ortho nitro benzene ring substituents is 2. The first-order chi connectivity index (χ1) is 15.8. The molecular formula is C23H16BrN3O6. The van der Waals surface area contributed by atoms with E-state index in [2.05, 4.69) is 22.0 Å². The summed E-state index contributed by atoms with van der Waals surface area (Å²) >= 11 is 3.45. The number of benzene rings is 3. The van der Waals surface area contributed by atoms with Crippen LogP contribution < -0.4 is 9.47 Å². The summed E-state index contributed by atoms with van der Waals surface area (Å²) in [5.74, 6) is 0.815. The molecule has 0 N–H and O–H groups in total. The molecule has 0 aliphatic heterocycles. The van der Waals surface area contributed by atoms with E-state index in [0.29, 0.717) is 27.1 Å². The van der Waals surface area contributed by atoms with E-state index in [4.69, 9.17) is 9.47 Å². The first-order valence-corrected chi connectivity index (χ1v) is 10.2. The van der Waals surface area contributed by atoms with Crippen LogP contribution in [0.1, 0.15) is 16.7 Å². The molecule has 9 nitrogen and oxygen atoms in total. The number of allylic oxidation sites excluding steroid dienone is 1. The van der Waals surface area contributed by atoms with Crippen LogP contribution in [0.25, 0.3) is 11.6 Å². The predicted octanol–water partition coefficient (Wildman–Crippen LogP) is 5.92. The maximum Gasteiger partial charge on any atom is 0.270 e. The van der Waals surface area contributed by atoms with Gasteiger partial charge >= 0.3 is 0 Å². The maximum atomic E-state index is 11.0. The highest BCUT2D eigenvalue weighted by molar-refractivity contribution is 9.10. The van der Waals surface area contributed by atoms with Crippen LogP contribution in [0.15, 0.2) is 65.1 Å². The number of nitrogens with zero attached hydrogens (tertiary/aromatic N) is 3. The maximum absolute atomic E-state index is 11.0. The molecule has 0 atom stereocenters. The third kappa shape index (κ3) is 5.72. The van der Waals surface area contributed by atoms with Gasteiger partial charge in [-0.3, -0.25) is 20.2 Å². The molecule has 0 saturated heterocycles. The van der Waals surface area contributed by atoms with Crippen molar-refractivity contribution in [2.24, 2.45) is 0 Å². The minimum atomic E-state index is -0.519. The minimum absolute atomic E-state index is 0.00861. The summed E-state index contributed by atoms with van der Waals surface area (Å²) in [5, 5.41) is 31.4. The summed E-state index contributed by atoms with van der Waals surface area (Å²) in [6, 6.07) is 17.3. The Labute approximate surface area is 196 Å². The number of nitro groups is 2. The lowest BCUT2D eigenvalue weighted by Gasteiger charge is -2.14. The average molecular weight is 510 g/mol. The van der Waals surface area contributed by atoms with E-state index >= 15 is 0 Å². The molecule has 10 heteroatoms. The van der Waals surface area contributed by atoms with Gasteiger partial charge in [0.1, 0.15) is 6.61 Å². The quantitative estimate of drug-likeness (QED) is 0.159. The molecule has 0 aromatic heterocycles. The zero-order chi connectivity index (χ0) is 24.0. The standard InChI is InChI=1S/C23H16BrN3O6/c1-32-22-11-16(9-18(13-25)17-3-2-4-20(12-17)27(30)31)10-21(24)23(22)33-14-15-5-7-19(8-6-15)26(28)29/h2-12H,14H2,1H3/b18-9-. The Hall–Kier alpha value is -4.23. The van der Waals surface area contributed by atoms with E-state index in [1.54, 1.807) is 36.4 Å². The van der Waals surface area contributed by atoms with Crippen LogP contribution in [-0.4, -0.2) is 17.0 Å². The van der Waals surface area contributed by atoms with Crippen molar-refractivity contribution >= 4 is 39.0 Å². The van der Waals surface area contributed by atoms with Gasteiger partial charge in [-0.2, -0.15) is 5.26 Å². The summed E-state index contributed by atoms with van der Waals surface area (Å²) in [6.45, 7) is 0.152. The third-order valence-corrected chi connectivity index (χ3v) is 5.17. The van der Waals surface area contributed by atoms with Gasteiger partial charge in [-0.25, -0.2) is 0 Å². The molecule has 0 fully saturated rings.